The molecule has 0 spiro atoms. The zero-order valence-corrected chi connectivity index (χ0v) is 8.62. The summed E-state index contributed by atoms with van der Waals surface area (Å²) in [7, 11) is 0. The standard InChI is InChI=1S/C11H15N3O/c15-10-5-9(6-13-14-10)12-7-11(3-4-11)8-1-2-8/h5-6,8H,1-4,7H2,(H2,12,14,15). The highest BCUT2D eigenvalue weighted by Crippen LogP contribution is 2.61. The maximum absolute atomic E-state index is 11.0. The van der Waals surface area contributed by atoms with Crippen LogP contribution >= 0.6 is 0 Å². The van der Waals surface area contributed by atoms with Gasteiger partial charge in [0, 0.05) is 12.6 Å². The van der Waals surface area contributed by atoms with Gasteiger partial charge in [0.2, 0.25) is 0 Å². The first-order chi connectivity index (χ1) is 7.28. The number of hydrogen-bond acceptors (Lipinski definition) is 3. The van der Waals surface area contributed by atoms with Gasteiger partial charge in [-0.25, -0.2) is 5.10 Å². The molecule has 0 aliphatic heterocycles. The lowest BCUT2D eigenvalue weighted by molar-refractivity contribution is 0.467. The number of aromatic amines is 1. The summed E-state index contributed by atoms with van der Waals surface area (Å²) >= 11 is 0. The fourth-order valence-corrected chi connectivity index (χ4v) is 2.34. The molecule has 2 aliphatic rings. The monoisotopic (exact) mass is 205 g/mol. The number of aromatic nitrogens is 2. The normalized spacial score (nSPS) is 22.4. The highest BCUT2D eigenvalue weighted by atomic mass is 16.1. The van der Waals surface area contributed by atoms with Gasteiger partial charge in [0.05, 0.1) is 11.9 Å². The molecule has 2 fully saturated rings. The fourth-order valence-electron chi connectivity index (χ4n) is 2.34. The predicted octanol–water partition coefficient (Wildman–Crippen LogP) is 1.37. The van der Waals surface area contributed by atoms with Crippen molar-refractivity contribution in [3.63, 3.8) is 0 Å². The number of rotatable bonds is 4. The highest BCUT2D eigenvalue weighted by Gasteiger charge is 2.53. The van der Waals surface area contributed by atoms with E-state index < -0.39 is 0 Å². The maximum atomic E-state index is 11.0. The van der Waals surface area contributed by atoms with Crippen LogP contribution in [-0.4, -0.2) is 16.7 Å². The molecule has 1 aromatic rings. The van der Waals surface area contributed by atoms with Crippen molar-refractivity contribution >= 4 is 5.69 Å². The third-order valence-electron chi connectivity index (χ3n) is 3.65. The van der Waals surface area contributed by atoms with Crippen LogP contribution in [0.25, 0.3) is 0 Å². The lowest BCUT2D eigenvalue weighted by Crippen LogP contribution is -2.18. The molecule has 2 aliphatic carbocycles. The van der Waals surface area contributed by atoms with Crippen molar-refractivity contribution < 1.29 is 0 Å². The predicted molar refractivity (Wildman–Crippen MR) is 57.7 cm³/mol. The number of anilines is 1. The lowest BCUT2D eigenvalue weighted by Gasteiger charge is -2.15. The van der Waals surface area contributed by atoms with Crippen molar-refractivity contribution in [2.75, 3.05) is 11.9 Å². The molecule has 2 N–H and O–H groups in total. The summed E-state index contributed by atoms with van der Waals surface area (Å²) in [5.41, 5.74) is 1.25. The van der Waals surface area contributed by atoms with Crippen LogP contribution in [0.3, 0.4) is 0 Å². The number of nitrogens with zero attached hydrogens (tertiary/aromatic N) is 1. The van der Waals surface area contributed by atoms with Crippen LogP contribution in [0.1, 0.15) is 25.7 Å². The first-order valence-corrected chi connectivity index (χ1v) is 5.57. The van der Waals surface area contributed by atoms with Crippen molar-refractivity contribution in [3.8, 4) is 0 Å². The lowest BCUT2D eigenvalue weighted by atomic mass is 10.0. The summed E-state index contributed by atoms with van der Waals surface area (Å²) < 4.78 is 0. The summed E-state index contributed by atoms with van der Waals surface area (Å²) in [5.74, 6) is 0.944. The van der Waals surface area contributed by atoms with E-state index in [2.05, 4.69) is 15.5 Å². The third-order valence-corrected chi connectivity index (χ3v) is 3.65. The van der Waals surface area contributed by atoms with Gasteiger partial charge in [-0.05, 0) is 37.0 Å². The van der Waals surface area contributed by atoms with E-state index in [1.165, 1.54) is 25.7 Å². The number of nitrogens with one attached hydrogen (secondary N) is 2. The van der Waals surface area contributed by atoms with Crippen LogP contribution in [0, 0.1) is 11.3 Å². The van der Waals surface area contributed by atoms with Crippen LogP contribution < -0.4 is 10.9 Å². The van der Waals surface area contributed by atoms with Gasteiger partial charge in [-0.3, -0.25) is 4.79 Å². The minimum Gasteiger partial charge on any atom is -0.383 e. The van der Waals surface area contributed by atoms with Crippen LogP contribution in [0.4, 0.5) is 5.69 Å². The van der Waals surface area contributed by atoms with E-state index in [4.69, 9.17) is 0 Å². The van der Waals surface area contributed by atoms with E-state index in [1.54, 1.807) is 12.3 Å². The maximum Gasteiger partial charge on any atom is 0.266 e. The first kappa shape index (κ1) is 8.95. The Labute approximate surface area is 88.1 Å². The first-order valence-electron chi connectivity index (χ1n) is 5.57. The van der Waals surface area contributed by atoms with Crippen LogP contribution in [0.5, 0.6) is 0 Å². The molecule has 3 rings (SSSR count). The van der Waals surface area contributed by atoms with Crippen LogP contribution in [0.15, 0.2) is 17.1 Å². The molecule has 4 nitrogen and oxygen atoms in total. The van der Waals surface area contributed by atoms with Crippen LogP contribution in [0.2, 0.25) is 0 Å². The highest BCUT2D eigenvalue weighted by molar-refractivity contribution is 5.39. The SMILES string of the molecule is O=c1cc(NCC2(C3CC3)CC2)cn[nH]1. The van der Waals surface area contributed by atoms with Gasteiger partial charge in [-0.1, -0.05) is 0 Å². The Morgan fingerprint density at radius 3 is 2.93 bits per heavy atom. The molecular formula is C11H15N3O. The zero-order chi connectivity index (χ0) is 10.3. The fraction of sp³-hybridized carbons (Fsp3) is 0.636. The minimum atomic E-state index is -0.142. The van der Waals surface area contributed by atoms with Gasteiger partial charge in [0.1, 0.15) is 0 Å². The van der Waals surface area contributed by atoms with Gasteiger partial charge in [0.25, 0.3) is 5.56 Å². The molecule has 80 valence electrons. The molecule has 4 heteroatoms. The summed E-state index contributed by atoms with van der Waals surface area (Å²) in [5, 5.41) is 9.47. The van der Waals surface area contributed by atoms with Crippen molar-refractivity contribution in [3.05, 3.63) is 22.6 Å². The topological polar surface area (TPSA) is 57.8 Å². The zero-order valence-electron chi connectivity index (χ0n) is 8.62. The quantitative estimate of drug-likeness (QED) is 0.780. The third kappa shape index (κ3) is 1.76. The molecule has 1 heterocycles. The van der Waals surface area contributed by atoms with E-state index >= 15 is 0 Å². The van der Waals surface area contributed by atoms with Crippen molar-refractivity contribution in [1.82, 2.24) is 10.2 Å². The van der Waals surface area contributed by atoms with Gasteiger partial charge in [-0.15, -0.1) is 0 Å². The number of H-pyrrole nitrogens is 1. The Hall–Kier alpha value is -1.32. The van der Waals surface area contributed by atoms with E-state index in [9.17, 15) is 4.79 Å². The largest absolute Gasteiger partial charge is 0.383 e. The molecule has 0 bridgehead atoms. The van der Waals surface area contributed by atoms with Gasteiger partial charge < -0.3 is 5.32 Å². The average molecular weight is 205 g/mol. The van der Waals surface area contributed by atoms with E-state index in [0.29, 0.717) is 5.41 Å². The van der Waals surface area contributed by atoms with Crippen molar-refractivity contribution in [1.29, 1.82) is 0 Å². The van der Waals surface area contributed by atoms with E-state index in [1.807, 2.05) is 0 Å². The van der Waals surface area contributed by atoms with Crippen molar-refractivity contribution in [2.45, 2.75) is 25.7 Å². The second-order valence-corrected chi connectivity index (χ2v) is 4.82. The Morgan fingerprint density at radius 1 is 1.53 bits per heavy atom. The summed E-state index contributed by atoms with van der Waals surface area (Å²) in [6, 6.07) is 1.57. The molecule has 1 aromatic heterocycles. The smallest absolute Gasteiger partial charge is 0.266 e. The molecule has 0 atom stereocenters. The minimum absolute atomic E-state index is 0.142. The average Bonchev–Trinajstić information content (AvgIpc) is 3.08. The summed E-state index contributed by atoms with van der Waals surface area (Å²) in [6.07, 6.45) is 7.16. The Balaban J connectivity index is 1.64. The molecule has 0 amide bonds. The molecule has 2 saturated carbocycles. The van der Waals surface area contributed by atoms with E-state index in [0.717, 1.165) is 18.2 Å². The molecular weight excluding hydrogens is 190 g/mol. The van der Waals surface area contributed by atoms with Gasteiger partial charge in [-0.2, -0.15) is 5.10 Å². The molecule has 15 heavy (non-hydrogen) atoms. The Bertz CT molecular complexity index is 418. The summed E-state index contributed by atoms with van der Waals surface area (Å²) in [6.45, 7) is 1.00. The molecule has 0 saturated heterocycles. The van der Waals surface area contributed by atoms with Gasteiger partial charge in [0.15, 0.2) is 0 Å². The molecule has 0 radical (unpaired) electrons. The molecule has 0 aromatic carbocycles. The summed E-state index contributed by atoms with van der Waals surface area (Å²) in [4.78, 5) is 11.0. The van der Waals surface area contributed by atoms with Gasteiger partial charge >= 0.3 is 0 Å². The van der Waals surface area contributed by atoms with Crippen molar-refractivity contribution in [2.24, 2.45) is 11.3 Å². The second kappa shape index (κ2) is 3.08. The Morgan fingerprint density at radius 2 is 2.33 bits per heavy atom. The molecule has 0 unspecified atom stereocenters. The number of hydrogen-bond donors (Lipinski definition) is 2. The van der Waals surface area contributed by atoms with E-state index in [-0.39, 0.29) is 5.56 Å². The Kier molecular flexibility index (Phi) is 1.84. The second-order valence-electron chi connectivity index (χ2n) is 4.82. The van der Waals surface area contributed by atoms with Crippen LogP contribution in [-0.2, 0) is 0 Å².